The summed E-state index contributed by atoms with van der Waals surface area (Å²) in [6, 6.07) is 11.7. The third-order valence-corrected chi connectivity index (χ3v) is 5.15. The maximum Gasteiger partial charge on any atom is 0.308 e. The predicted molar refractivity (Wildman–Crippen MR) is 88.0 cm³/mol. The van der Waals surface area contributed by atoms with Crippen molar-refractivity contribution in [3.63, 3.8) is 0 Å². The van der Waals surface area contributed by atoms with Crippen LogP contribution in [0.1, 0.15) is 16.1 Å². The highest BCUT2D eigenvalue weighted by Crippen LogP contribution is 2.37. The van der Waals surface area contributed by atoms with Gasteiger partial charge in [-0.25, -0.2) is 0 Å². The summed E-state index contributed by atoms with van der Waals surface area (Å²) < 4.78 is 5.35. The fourth-order valence-corrected chi connectivity index (χ4v) is 3.81. The van der Waals surface area contributed by atoms with Gasteiger partial charge in [-0.2, -0.15) is 0 Å². The molecule has 120 valence electrons. The van der Waals surface area contributed by atoms with Crippen LogP contribution in [0.3, 0.4) is 0 Å². The standard InChI is InChI=1S/C17H17NO4S/c1-22-13-9-14(11-5-3-2-4-6-11)23-15(13)16(19)18-8-7-12(10-18)17(20)21/h2-6,9,12H,7-8,10H2,1H3,(H,20,21). The molecule has 3 rings (SSSR count). The molecule has 1 aliphatic rings. The number of rotatable bonds is 4. The molecule has 23 heavy (non-hydrogen) atoms. The summed E-state index contributed by atoms with van der Waals surface area (Å²) in [5.41, 5.74) is 1.03. The van der Waals surface area contributed by atoms with Gasteiger partial charge in [0.25, 0.3) is 5.91 Å². The minimum Gasteiger partial charge on any atom is -0.495 e. The zero-order chi connectivity index (χ0) is 16.4. The van der Waals surface area contributed by atoms with Gasteiger partial charge in [0.05, 0.1) is 13.0 Å². The highest BCUT2D eigenvalue weighted by Gasteiger charge is 2.33. The topological polar surface area (TPSA) is 66.8 Å². The Kier molecular flexibility index (Phi) is 4.34. The van der Waals surface area contributed by atoms with E-state index in [4.69, 9.17) is 9.84 Å². The van der Waals surface area contributed by atoms with Gasteiger partial charge in [-0.05, 0) is 18.1 Å². The highest BCUT2D eigenvalue weighted by molar-refractivity contribution is 7.17. The monoisotopic (exact) mass is 331 g/mol. The third-order valence-electron chi connectivity index (χ3n) is 4.00. The summed E-state index contributed by atoms with van der Waals surface area (Å²) in [6.45, 7) is 0.730. The van der Waals surface area contributed by atoms with Crippen molar-refractivity contribution >= 4 is 23.2 Å². The summed E-state index contributed by atoms with van der Waals surface area (Å²) in [6.07, 6.45) is 0.500. The molecule has 0 aliphatic carbocycles. The molecular formula is C17H17NO4S. The lowest BCUT2D eigenvalue weighted by Gasteiger charge is -2.15. The van der Waals surface area contributed by atoms with Gasteiger partial charge in [-0.1, -0.05) is 30.3 Å². The molecule has 1 aromatic heterocycles. The van der Waals surface area contributed by atoms with Gasteiger partial charge in [0.15, 0.2) is 0 Å². The average Bonchev–Trinajstić information content (AvgIpc) is 3.22. The Bertz CT molecular complexity index is 725. The van der Waals surface area contributed by atoms with Crippen LogP contribution in [0.15, 0.2) is 36.4 Å². The normalized spacial score (nSPS) is 17.3. The number of ether oxygens (including phenoxy) is 1. The SMILES string of the molecule is COc1cc(-c2ccccc2)sc1C(=O)N1CCC(C(=O)O)C1. The maximum absolute atomic E-state index is 12.7. The first-order valence-corrected chi connectivity index (χ1v) is 8.17. The number of carboxylic acid groups (broad SMARTS) is 1. The Morgan fingerprint density at radius 2 is 2.04 bits per heavy atom. The lowest BCUT2D eigenvalue weighted by molar-refractivity contribution is -0.141. The molecular weight excluding hydrogens is 314 g/mol. The summed E-state index contributed by atoms with van der Waals surface area (Å²) in [5.74, 6) is -0.933. The van der Waals surface area contributed by atoms with Gasteiger partial charge < -0.3 is 14.7 Å². The second kappa shape index (κ2) is 6.42. The molecule has 0 bridgehead atoms. The molecule has 5 nitrogen and oxygen atoms in total. The molecule has 0 saturated carbocycles. The number of carbonyl (C=O) groups is 2. The average molecular weight is 331 g/mol. The van der Waals surface area contributed by atoms with E-state index in [-0.39, 0.29) is 12.5 Å². The molecule has 2 heterocycles. The number of carboxylic acids is 1. The summed E-state index contributed by atoms with van der Waals surface area (Å²) >= 11 is 1.38. The zero-order valence-corrected chi connectivity index (χ0v) is 13.5. The van der Waals surface area contributed by atoms with Crippen molar-refractivity contribution < 1.29 is 19.4 Å². The van der Waals surface area contributed by atoms with Crippen LogP contribution in [0.4, 0.5) is 0 Å². The van der Waals surface area contributed by atoms with Crippen molar-refractivity contribution in [2.24, 2.45) is 5.92 Å². The van der Waals surface area contributed by atoms with E-state index in [1.165, 1.54) is 18.4 Å². The van der Waals surface area contributed by atoms with Crippen LogP contribution in [0.25, 0.3) is 10.4 Å². The highest BCUT2D eigenvalue weighted by atomic mass is 32.1. The molecule has 2 aromatic rings. The van der Waals surface area contributed by atoms with Gasteiger partial charge in [0.1, 0.15) is 10.6 Å². The number of hydrogen-bond acceptors (Lipinski definition) is 4. The number of benzene rings is 1. The number of amides is 1. The molecule has 1 saturated heterocycles. The molecule has 6 heteroatoms. The third kappa shape index (κ3) is 3.07. The number of carbonyl (C=O) groups excluding carboxylic acids is 1. The van der Waals surface area contributed by atoms with Crippen LogP contribution in [-0.4, -0.2) is 42.1 Å². The van der Waals surface area contributed by atoms with Crippen molar-refractivity contribution in [1.29, 1.82) is 0 Å². The van der Waals surface area contributed by atoms with E-state index in [1.807, 2.05) is 36.4 Å². The number of hydrogen-bond donors (Lipinski definition) is 1. The fourth-order valence-electron chi connectivity index (χ4n) is 2.71. The number of aliphatic carboxylic acids is 1. The predicted octanol–water partition coefficient (Wildman–Crippen LogP) is 2.97. The maximum atomic E-state index is 12.7. The van der Waals surface area contributed by atoms with Crippen LogP contribution in [0.5, 0.6) is 5.75 Å². The smallest absolute Gasteiger partial charge is 0.308 e. The number of nitrogens with zero attached hydrogens (tertiary/aromatic N) is 1. The molecule has 1 atom stereocenters. The van der Waals surface area contributed by atoms with Crippen molar-refractivity contribution in [3.05, 3.63) is 41.3 Å². The largest absolute Gasteiger partial charge is 0.495 e. The molecule has 1 aliphatic heterocycles. The van der Waals surface area contributed by atoms with Crippen molar-refractivity contribution in [2.75, 3.05) is 20.2 Å². The minimum absolute atomic E-state index is 0.155. The molecule has 1 unspecified atom stereocenters. The molecule has 1 N–H and O–H groups in total. The van der Waals surface area contributed by atoms with Crippen LogP contribution >= 0.6 is 11.3 Å². The Morgan fingerprint density at radius 1 is 1.30 bits per heavy atom. The Morgan fingerprint density at radius 3 is 2.65 bits per heavy atom. The summed E-state index contributed by atoms with van der Waals surface area (Å²) in [7, 11) is 1.54. The van der Waals surface area contributed by atoms with Crippen LogP contribution in [0.2, 0.25) is 0 Å². The molecule has 1 aromatic carbocycles. The zero-order valence-electron chi connectivity index (χ0n) is 12.7. The molecule has 0 spiro atoms. The van der Waals surface area contributed by atoms with E-state index in [2.05, 4.69) is 0 Å². The van der Waals surface area contributed by atoms with Crippen LogP contribution in [0, 0.1) is 5.92 Å². The lowest BCUT2D eigenvalue weighted by Crippen LogP contribution is -2.29. The molecule has 0 radical (unpaired) electrons. The van der Waals surface area contributed by atoms with E-state index >= 15 is 0 Å². The quantitative estimate of drug-likeness (QED) is 0.935. The van der Waals surface area contributed by atoms with Crippen molar-refractivity contribution in [3.8, 4) is 16.2 Å². The number of likely N-dealkylation sites (tertiary alicyclic amines) is 1. The van der Waals surface area contributed by atoms with E-state index < -0.39 is 11.9 Å². The van der Waals surface area contributed by atoms with E-state index in [0.717, 1.165) is 10.4 Å². The van der Waals surface area contributed by atoms with Crippen molar-refractivity contribution in [2.45, 2.75) is 6.42 Å². The Hall–Kier alpha value is -2.34. The number of methoxy groups -OCH3 is 1. The van der Waals surface area contributed by atoms with Crippen molar-refractivity contribution in [1.82, 2.24) is 4.90 Å². The van der Waals surface area contributed by atoms with Gasteiger partial charge >= 0.3 is 5.97 Å². The second-order valence-electron chi connectivity index (χ2n) is 5.45. The first kappa shape index (κ1) is 15.6. The second-order valence-corrected chi connectivity index (χ2v) is 6.50. The van der Waals surface area contributed by atoms with Crippen LogP contribution in [-0.2, 0) is 4.79 Å². The van der Waals surface area contributed by atoms with Gasteiger partial charge in [0, 0.05) is 18.0 Å². The van der Waals surface area contributed by atoms with Gasteiger partial charge in [-0.3, -0.25) is 9.59 Å². The number of thiophene rings is 1. The minimum atomic E-state index is -0.844. The van der Waals surface area contributed by atoms with Gasteiger partial charge in [-0.15, -0.1) is 11.3 Å². The van der Waals surface area contributed by atoms with E-state index in [9.17, 15) is 9.59 Å². The van der Waals surface area contributed by atoms with E-state index in [1.54, 1.807) is 4.90 Å². The lowest BCUT2D eigenvalue weighted by atomic mass is 10.1. The fraction of sp³-hybridized carbons (Fsp3) is 0.294. The van der Waals surface area contributed by atoms with E-state index in [0.29, 0.717) is 23.6 Å². The summed E-state index contributed by atoms with van der Waals surface area (Å²) in [5, 5.41) is 9.08. The van der Waals surface area contributed by atoms with Gasteiger partial charge in [0.2, 0.25) is 0 Å². The first-order chi connectivity index (χ1) is 11.1. The van der Waals surface area contributed by atoms with Crippen LogP contribution < -0.4 is 4.74 Å². The Labute approximate surface area is 138 Å². The summed E-state index contributed by atoms with van der Waals surface area (Å²) in [4.78, 5) is 26.8. The molecule has 1 amide bonds. The molecule has 1 fully saturated rings. The first-order valence-electron chi connectivity index (χ1n) is 7.35. The Balaban J connectivity index is 1.86.